The lowest BCUT2D eigenvalue weighted by atomic mass is 10.2. The van der Waals surface area contributed by atoms with Gasteiger partial charge in [0.1, 0.15) is 5.75 Å². The Balaban J connectivity index is 2.88. The van der Waals surface area contributed by atoms with Gasteiger partial charge < -0.3 is 15.7 Å². The van der Waals surface area contributed by atoms with Gasteiger partial charge in [-0.2, -0.15) is 0 Å². The second kappa shape index (κ2) is 5.46. The van der Waals surface area contributed by atoms with E-state index in [4.69, 9.17) is 27.3 Å². The molecule has 0 saturated carbocycles. The summed E-state index contributed by atoms with van der Waals surface area (Å²) < 4.78 is 5.38. The lowest BCUT2D eigenvalue weighted by Crippen LogP contribution is -2.13. The third-order valence-electron chi connectivity index (χ3n) is 1.80. The fourth-order valence-electron chi connectivity index (χ4n) is 1.07. The second-order valence-corrected chi connectivity index (χ2v) is 3.38. The van der Waals surface area contributed by atoms with Crippen molar-refractivity contribution in [3.05, 3.63) is 28.8 Å². The molecule has 0 heterocycles. The molecule has 1 aromatic carbocycles. The van der Waals surface area contributed by atoms with E-state index in [2.05, 4.69) is 5.16 Å². The Morgan fingerprint density at radius 1 is 1.60 bits per heavy atom. The van der Waals surface area contributed by atoms with Gasteiger partial charge in [-0.1, -0.05) is 23.7 Å². The van der Waals surface area contributed by atoms with E-state index in [1.54, 1.807) is 18.2 Å². The van der Waals surface area contributed by atoms with E-state index in [1.165, 1.54) is 0 Å². The molecule has 3 N–H and O–H groups in total. The third kappa shape index (κ3) is 3.02. The van der Waals surface area contributed by atoms with Gasteiger partial charge in [-0.15, -0.1) is 0 Å². The standard InChI is InChI=1S/C10H13ClN2O2/c1-2-5-15-7-3-4-8(9(11)6-7)10(12)13-14/h3-4,6,14H,2,5H2,1H3,(H2,12,13). The molecule has 0 fully saturated rings. The van der Waals surface area contributed by atoms with Crippen LogP contribution in [0.3, 0.4) is 0 Å². The zero-order chi connectivity index (χ0) is 11.3. The largest absolute Gasteiger partial charge is 0.494 e. The monoisotopic (exact) mass is 228 g/mol. The smallest absolute Gasteiger partial charge is 0.171 e. The number of oxime groups is 1. The van der Waals surface area contributed by atoms with Crippen LogP contribution in [-0.4, -0.2) is 17.6 Å². The summed E-state index contributed by atoms with van der Waals surface area (Å²) in [5.41, 5.74) is 5.91. The molecule has 0 radical (unpaired) electrons. The van der Waals surface area contributed by atoms with Crippen molar-refractivity contribution in [3.8, 4) is 5.75 Å². The molecule has 0 aliphatic heterocycles. The highest BCUT2D eigenvalue weighted by Gasteiger charge is 2.06. The number of hydrogen-bond donors (Lipinski definition) is 2. The highest BCUT2D eigenvalue weighted by molar-refractivity contribution is 6.34. The van der Waals surface area contributed by atoms with E-state index in [-0.39, 0.29) is 5.84 Å². The summed E-state index contributed by atoms with van der Waals surface area (Å²) in [6, 6.07) is 5.03. The van der Waals surface area contributed by atoms with Crippen molar-refractivity contribution in [1.82, 2.24) is 0 Å². The molecule has 0 aromatic heterocycles. The Bertz CT molecular complexity index is 366. The molecule has 0 unspecified atom stereocenters. The Morgan fingerprint density at radius 2 is 2.33 bits per heavy atom. The maximum absolute atomic E-state index is 8.50. The van der Waals surface area contributed by atoms with Gasteiger partial charge in [0.15, 0.2) is 5.84 Å². The number of halogens is 1. The van der Waals surface area contributed by atoms with Gasteiger partial charge in [0.25, 0.3) is 0 Å². The average molecular weight is 229 g/mol. The average Bonchev–Trinajstić information content (AvgIpc) is 2.25. The predicted molar refractivity (Wildman–Crippen MR) is 59.7 cm³/mol. The van der Waals surface area contributed by atoms with E-state index >= 15 is 0 Å². The number of hydrogen-bond acceptors (Lipinski definition) is 3. The number of ether oxygens (including phenoxy) is 1. The minimum atomic E-state index is -0.0120. The van der Waals surface area contributed by atoms with Gasteiger partial charge in [-0.05, 0) is 24.6 Å². The van der Waals surface area contributed by atoms with Crippen LogP contribution in [0.15, 0.2) is 23.4 Å². The predicted octanol–water partition coefficient (Wildman–Crippen LogP) is 2.22. The Kier molecular flexibility index (Phi) is 4.24. The van der Waals surface area contributed by atoms with Gasteiger partial charge >= 0.3 is 0 Å². The van der Waals surface area contributed by atoms with Crippen molar-refractivity contribution in [2.75, 3.05) is 6.61 Å². The molecule has 4 nitrogen and oxygen atoms in total. The summed E-state index contributed by atoms with van der Waals surface area (Å²) in [6.45, 7) is 2.66. The number of nitrogens with two attached hydrogens (primary N) is 1. The molecule has 0 aliphatic carbocycles. The minimum Gasteiger partial charge on any atom is -0.494 e. The molecule has 0 aliphatic rings. The summed E-state index contributed by atoms with van der Waals surface area (Å²) in [4.78, 5) is 0. The molecule has 5 heteroatoms. The Labute approximate surface area is 93.3 Å². The summed E-state index contributed by atoms with van der Waals surface area (Å²) in [7, 11) is 0. The Hall–Kier alpha value is -1.42. The zero-order valence-corrected chi connectivity index (χ0v) is 9.16. The summed E-state index contributed by atoms with van der Waals surface area (Å²) in [5.74, 6) is 0.665. The van der Waals surface area contributed by atoms with E-state index in [9.17, 15) is 0 Å². The molecular weight excluding hydrogens is 216 g/mol. The molecule has 0 amide bonds. The summed E-state index contributed by atoms with van der Waals surface area (Å²) in [6.07, 6.45) is 0.930. The van der Waals surface area contributed by atoms with Crippen LogP contribution >= 0.6 is 11.6 Å². The van der Waals surface area contributed by atoms with Crippen molar-refractivity contribution >= 4 is 17.4 Å². The van der Waals surface area contributed by atoms with Gasteiger partial charge in [0.05, 0.1) is 11.6 Å². The number of benzene rings is 1. The van der Waals surface area contributed by atoms with Crippen molar-refractivity contribution < 1.29 is 9.94 Å². The minimum absolute atomic E-state index is 0.0120. The van der Waals surface area contributed by atoms with Gasteiger partial charge in [-0.3, -0.25) is 0 Å². The number of amidine groups is 1. The van der Waals surface area contributed by atoms with Crippen LogP contribution < -0.4 is 10.5 Å². The summed E-state index contributed by atoms with van der Waals surface area (Å²) >= 11 is 5.93. The first kappa shape index (κ1) is 11.7. The van der Waals surface area contributed by atoms with Crippen LogP contribution in [0.2, 0.25) is 5.02 Å². The fourth-order valence-corrected chi connectivity index (χ4v) is 1.33. The normalized spacial score (nSPS) is 11.5. The molecule has 1 aromatic rings. The van der Waals surface area contributed by atoms with Crippen LogP contribution in [0.1, 0.15) is 18.9 Å². The molecule has 0 bridgehead atoms. The first-order valence-corrected chi connectivity index (χ1v) is 4.97. The number of rotatable bonds is 4. The van der Waals surface area contributed by atoms with Crippen LogP contribution in [0.5, 0.6) is 5.75 Å². The van der Waals surface area contributed by atoms with Crippen molar-refractivity contribution in [3.63, 3.8) is 0 Å². The zero-order valence-electron chi connectivity index (χ0n) is 8.40. The maximum Gasteiger partial charge on any atom is 0.171 e. The van der Waals surface area contributed by atoms with E-state index in [0.717, 1.165) is 6.42 Å². The lowest BCUT2D eigenvalue weighted by Gasteiger charge is -2.07. The van der Waals surface area contributed by atoms with Crippen molar-refractivity contribution in [2.45, 2.75) is 13.3 Å². The van der Waals surface area contributed by atoms with E-state index in [0.29, 0.717) is 22.9 Å². The third-order valence-corrected chi connectivity index (χ3v) is 2.11. The van der Waals surface area contributed by atoms with Crippen molar-refractivity contribution in [2.24, 2.45) is 10.9 Å². The molecular formula is C10H13ClN2O2. The molecule has 1 rings (SSSR count). The first-order chi connectivity index (χ1) is 7.19. The molecule has 0 spiro atoms. The highest BCUT2D eigenvalue weighted by atomic mass is 35.5. The van der Waals surface area contributed by atoms with Gasteiger partial charge in [0.2, 0.25) is 0 Å². The quantitative estimate of drug-likeness (QED) is 0.359. The van der Waals surface area contributed by atoms with Gasteiger partial charge in [0, 0.05) is 5.56 Å². The lowest BCUT2D eigenvalue weighted by molar-refractivity contribution is 0.316. The van der Waals surface area contributed by atoms with Crippen molar-refractivity contribution in [1.29, 1.82) is 0 Å². The van der Waals surface area contributed by atoms with E-state index < -0.39 is 0 Å². The highest BCUT2D eigenvalue weighted by Crippen LogP contribution is 2.22. The molecule has 0 atom stereocenters. The van der Waals surface area contributed by atoms with Crippen LogP contribution in [-0.2, 0) is 0 Å². The Morgan fingerprint density at radius 3 is 2.87 bits per heavy atom. The molecule has 0 saturated heterocycles. The first-order valence-electron chi connectivity index (χ1n) is 4.59. The second-order valence-electron chi connectivity index (χ2n) is 2.98. The maximum atomic E-state index is 8.50. The number of nitrogens with zero attached hydrogens (tertiary/aromatic N) is 1. The fraction of sp³-hybridized carbons (Fsp3) is 0.300. The SMILES string of the molecule is CCCOc1ccc(C(N)=NO)c(Cl)c1. The van der Waals surface area contributed by atoms with Crippen LogP contribution in [0.4, 0.5) is 0 Å². The topological polar surface area (TPSA) is 67.8 Å². The van der Waals surface area contributed by atoms with Gasteiger partial charge in [-0.25, -0.2) is 0 Å². The van der Waals surface area contributed by atoms with E-state index in [1.807, 2.05) is 6.92 Å². The van der Waals surface area contributed by atoms with Crippen LogP contribution in [0.25, 0.3) is 0 Å². The van der Waals surface area contributed by atoms with Crippen LogP contribution in [0, 0.1) is 0 Å². The summed E-state index contributed by atoms with van der Waals surface area (Å²) in [5, 5.41) is 11.8. The molecule has 82 valence electrons. The molecule has 15 heavy (non-hydrogen) atoms.